The van der Waals surface area contributed by atoms with E-state index in [0.717, 1.165) is 18.4 Å². The number of nitrogens with zero attached hydrogens (tertiary/aromatic N) is 1. The normalized spacial score (nSPS) is 17.2. The van der Waals surface area contributed by atoms with Gasteiger partial charge in [0.2, 0.25) is 10.0 Å². The van der Waals surface area contributed by atoms with Crippen molar-refractivity contribution in [3.63, 3.8) is 0 Å². The van der Waals surface area contributed by atoms with Gasteiger partial charge in [-0.25, -0.2) is 12.7 Å². The molecule has 2 rings (SSSR count). The second-order valence-electron chi connectivity index (χ2n) is 5.21. The number of aryl methyl sites for hydroxylation is 1. The van der Waals surface area contributed by atoms with E-state index in [-0.39, 0.29) is 30.8 Å². The molecule has 0 atom stereocenters. The van der Waals surface area contributed by atoms with Gasteiger partial charge in [0, 0.05) is 19.1 Å². The molecule has 0 amide bonds. The van der Waals surface area contributed by atoms with E-state index < -0.39 is 10.0 Å². The molecule has 120 valence electrons. The van der Waals surface area contributed by atoms with Gasteiger partial charge in [-0.3, -0.25) is 0 Å². The van der Waals surface area contributed by atoms with E-state index in [1.807, 2.05) is 31.2 Å². The Hall–Kier alpha value is -0.820. The average Bonchev–Trinajstić information content (AvgIpc) is 2.41. The van der Waals surface area contributed by atoms with E-state index in [9.17, 15) is 8.42 Å². The first-order valence-electron chi connectivity index (χ1n) is 6.90. The lowest BCUT2D eigenvalue weighted by atomic mass is 10.1. The largest absolute Gasteiger partial charge is 0.492 e. The Labute approximate surface area is 132 Å². The van der Waals surface area contributed by atoms with Crippen molar-refractivity contribution < 1.29 is 13.2 Å². The van der Waals surface area contributed by atoms with Crippen LogP contribution in [-0.2, 0) is 10.0 Å². The molecule has 1 aromatic carbocycles. The van der Waals surface area contributed by atoms with Crippen LogP contribution in [-0.4, -0.2) is 44.2 Å². The Bertz CT molecular complexity index is 526. The summed E-state index contributed by atoms with van der Waals surface area (Å²) in [4.78, 5) is 0. The van der Waals surface area contributed by atoms with Gasteiger partial charge < -0.3 is 10.5 Å². The number of rotatable bonds is 5. The highest BCUT2D eigenvalue weighted by Crippen LogP contribution is 2.14. The SMILES string of the molecule is Cc1ccc(OCCS(=O)(=O)N2CCC(N)CC2)cc1.Cl. The summed E-state index contributed by atoms with van der Waals surface area (Å²) in [6.45, 7) is 3.21. The quantitative estimate of drug-likeness (QED) is 0.886. The molecule has 1 fully saturated rings. The lowest BCUT2D eigenvalue weighted by Gasteiger charge is -2.29. The summed E-state index contributed by atoms with van der Waals surface area (Å²) in [6, 6.07) is 7.71. The summed E-state index contributed by atoms with van der Waals surface area (Å²) in [6.07, 6.45) is 1.47. The molecular weight excluding hydrogens is 312 g/mol. The molecule has 0 saturated carbocycles. The monoisotopic (exact) mass is 334 g/mol. The van der Waals surface area contributed by atoms with Crippen molar-refractivity contribution in [3.8, 4) is 5.75 Å². The lowest BCUT2D eigenvalue weighted by molar-refractivity contribution is 0.308. The van der Waals surface area contributed by atoms with E-state index in [2.05, 4.69) is 0 Å². The van der Waals surface area contributed by atoms with Crippen molar-refractivity contribution in [1.29, 1.82) is 0 Å². The molecular formula is C14H23ClN2O3S. The van der Waals surface area contributed by atoms with Gasteiger partial charge in [-0.1, -0.05) is 17.7 Å². The van der Waals surface area contributed by atoms with Gasteiger partial charge >= 0.3 is 0 Å². The predicted molar refractivity (Wildman–Crippen MR) is 86.5 cm³/mol. The number of nitrogens with two attached hydrogens (primary N) is 1. The van der Waals surface area contributed by atoms with Crippen molar-refractivity contribution in [2.24, 2.45) is 5.73 Å². The zero-order chi connectivity index (χ0) is 14.6. The molecule has 0 aromatic heterocycles. The fraction of sp³-hybridized carbons (Fsp3) is 0.571. The molecule has 5 nitrogen and oxygen atoms in total. The minimum atomic E-state index is -3.23. The maximum absolute atomic E-state index is 12.1. The van der Waals surface area contributed by atoms with Crippen LogP contribution in [0.3, 0.4) is 0 Å². The summed E-state index contributed by atoms with van der Waals surface area (Å²) in [5, 5.41) is 0. The number of halogens is 1. The third-order valence-corrected chi connectivity index (χ3v) is 5.36. The second-order valence-corrected chi connectivity index (χ2v) is 7.30. The minimum Gasteiger partial charge on any atom is -0.492 e. The number of benzene rings is 1. The summed E-state index contributed by atoms with van der Waals surface area (Å²) in [5.74, 6) is 0.710. The molecule has 0 radical (unpaired) electrons. The van der Waals surface area contributed by atoms with Crippen LogP contribution in [0.5, 0.6) is 5.75 Å². The van der Waals surface area contributed by atoms with E-state index in [1.54, 1.807) is 0 Å². The molecule has 0 unspecified atom stereocenters. The third-order valence-electron chi connectivity index (χ3n) is 3.52. The van der Waals surface area contributed by atoms with Gasteiger partial charge in [0.05, 0.1) is 5.75 Å². The van der Waals surface area contributed by atoms with Crippen LogP contribution in [0.25, 0.3) is 0 Å². The van der Waals surface area contributed by atoms with Gasteiger partial charge in [0.25, 0.3) is 0 Å². The molecule has 1 aromatic rings. The van der Waals surface area contributed by atoms with Gasteiger partial charge in [-0.05, 0) is 31.9 Å². The van der Waals surface area contributed by atoms with Crippen LogP contribution in [0.1, 0.15) is 18.4 Å². The highest BCUT2D eigenvalue weighted by molar-refractivity contribution is 7.89. The Kier molecular flexibility index (Phi) is 6.93. The molecule has 2 N–H and O–H groups in total. The van der Waals surface area contributed by atoms with Crippen LogP contribution in [0.15, 0.2) is 24.3 Å². The van der Waals surface area contributed by atoms with Crippen LogP contribution in [0.4, 0.5) is 0 Å². The molecule has 0 spiro atoms. The number of sulfonamides is 1. The van der Waals surface area contributed by atoms with Crippen LogP contribution < -0.4 is 10.5 Å². The van der Waals surface area contributed by atoms with E-state index in [1.165, 1.54) is 4.31 Å². The molecule has 1 aliphatic heterocycles. The Morgan fingerprint density at radius 2 is 1.81 bits per heavy atom. The number of hydrogen-bond acceptors (Lipinski definition) is 4. The first-order valence-corrected chi connectivity index (χ1v) is 8.51. The van der Waals surface area contributed by atoms with Crippen molar-refractivity contribution in [1.82, 2.24) is 4.31 Å². The fourth-order valence-electron chi connectivity index (χ4n) is 2.18. The summed E-state index contributed by atoms with van der Waals surface area (Å²) < 4.78 is 31.3. The summed E-state index contributed by atoms with van der Waals surface area (Å²) in [5.41, 5.74) is 6.93. The highest BCUT2D eigenvalue weighted by Gasteiger charge is 2.26. The van der Waals surface area contributed by atoms with E-state index in [4.69, 9.17) is 10.5 Å². The first-order chi connectivity index (χ1) is 9.47. The van der Waals surface area contributed by atoms with Crippen LogP contribution in [0.2, 0.25) is 0 Å². The van der Waals surface area contributed by atoms with Gasteiger partial charge in [-0.2, -0.15) is 0 Å². The molecule has 1 saturated heterocycles. The van der Waals surface area contributed by atoms with Gasteiger partial charge in [0.1, 0.15) is 12.4 Å². The zero-order valence-corrected chi connectivity index (χ0v) is 13.8. The molecule has 1 heterocycles. The Morgan fingerprint density at radius 1 is 1.24 bits per heavy atom. The molecule has 7 heteroatoms. The maximum atomic E-state index is 12.1. The topological polar surface area (TPSA) is 72.6 Å². The predicted octanol–water partition coefficient (Wildman–Crippen LogP) is 1.55. The first kappa shape index (κ1) is 18.2. The Balaban J connectivity index is 0.00000220. The van der Waals surface area contributed by atoms with Crippen molar-refractivity contribution in [2.45, 2.75) is 25.8 Å². The van der Waals surface area contributed by atoms with Crippen LogP contribution >= 0.6 is 12.4 Å². The molecule has 21 heavy (non-hydrogen) atoms. The number of hydrogen-bond donors (Lipinski definition) is 1. The zero-order valence-electron chi connectivity index (χ0n) is 12.2. The number of ether oxygens (including phenoxy) is 1. The summed E-state index contributed by atoms with van der Waals surface area (Å²) in [7, 11) is -3.23. The Morgan fingerprint density at radius 3 is 2.38 bits per heavy atom. The molecule has 0 aliphatic carbocycles. The maximum Gasteiger partial charge on any atom is 0.217 e. The second kappa shape index (κ2) is 7.98. The van der Waals surface area contributed by atoms with E-state index in [0.29, 0.717) is 18.8 Å². The average molecular weight is 335 g/mol. The smallest absolute Gasteiger partial charge is 0.217 e. The minimum absolute atomic E-state index is 0. The third kappa shape index (κ3) is 5.47. The standard InChI is InChI=1S/C14H22N2O3S.ClH/c1-12-2-4-14(5-3-12)19-10-11-20(17,18)16-8-6-13(15)7-9-16;/h2-5,13H,6-11,15H2,1H3;1H. The fourth-order valence-corrected chi connectivity index (χ4v) is 3.50. The van der Waals surface area contributed by atoms with Crippen molar-refractivity contribution in [2.75, 3.05) is 25.4 Å². The highest BCUT2D eigenvalue weighted by atomic mass is 35.5. The molecule has 0 bridgehead atoms. The number of piperidine rings is 1. The van der Waals surface area contributed by atoms with Crippen molar-refractivity contribution >= 4 is 22.4 Å². The van der Waals surface area contributed by atoms with E-state index >= 15 is 0 Å². The summed E-state index contributed by atoms with van der Waals surface area (Å²) >= 11 is 0. The van der Waals surface area contributed by atoms with Gasteiger partial charge in [0.15, 0.2) is 0 Å². The van der Waals surface area contributed by atoms with Crippen molar-refractivity contribution in [3.05, 3.63) is 29.8 Å². The van der Waals surface area contributed by atoms with Crippen LogP contribution in [0, 0.1) is 6.92 Å². The lowest BCUT2D eigenvalue weighted by Crippen LogP contribution is -2.44. The molecule has 1 aliphatic rings. The van der Waals surface area contributed by atoms with Gasteiger partial charge in [-0.15, -0.1) is 12.4 Å².